The lowest BCUT2D eigenvalue weighted by Gasteiger charge is -2.50. The minimum atomic E-state index is -2.79. The number of hydrogen-bond acceptors (Lipinski definition) is 4. The molecule has 0 aromatic carbocycles. The highest BCUT2D eigenvalue weighted by molar-refractivity contribution is 7.91. The molecule has 0 amide bonds. The van der Waals surface area contributed by atoms with Crippen LogP contribution >= 0.6 is 0 Å². The van der Waals surface area contributed by atoms with Gasteiger partial charge in [0.25, 0.3) is 0 Å². The monoisotopic (exact) mass is 246 g/mol. The quantitative estimate of drug-likeness (QED) is 0.782. The molecule has 2 fully saturated rings. The van der Waals surface area contributed by atoms with Gasteiger partial charge in [0.15, 0.2) is 0 Å². The number of rotatable bonds is 3. The largest absolute Gasteiger partial charge is 0.329 e. The zero-order valence-electron chi connectivity index (χ0n) is 9.98. The Hall–Kier alpha value is -0.130. The maximum absolute atomic E-state index is 11.5. The molecule has 0 aromatic heterocycles. The third-order valence-corrected chi connectivity index (χ3v) is 6.16. The molecule has 0 spiro atoms. The highest BCUT2D eigenvalue weighted by Crippen LogP contribution is 2.35. The molecule has 1 saturated heterocycles. The fourth-order valence-electron chi connectivity index (χ4n) is 2.78. The van der Waals surface area contributed by atoms with Gasteiger partial charge in [-0.3, -0.25) is 4.90 Å². The average molecular weight is 246 g/mol. The Bertz CT molecular complexity index is 335. The van der Waals surface area contributed by atoms with E-state index in [4.69, 9.17) is 5.73 Å². The second-order valence-electron chi connectivity index (χ2n) is 5.28. The molecule has 1 aliphatic heterocycles. The Morgan fingerprint density at radius 2 is 1.88 bits per heavy atom. The first-order valence-corrected chi connectivity index (χ1v) is 7.95. The van der Waals surface area contributed by atoms with Crippen LogP contribution in [0.3, 0.4) is 0 Å². The van der Waals surface area contributed by atoms with Crippen LogP contribution in [0.25, 0.3) is 0 Å². The van der Waals surface area contributed by atoms with Crippen LogP contribution in [0.4, 0.5) is 0 Å². The lowest BCUT2D eigenvalue weighted by atomic mass is 9.83. The van der Waals surface area contributed by atoms with Gasteiger partial charge in [0, 0.05) is 18.1 Å². The van der Waals surface area contributed by atoms with E-state index in [-0.39, 0.29) is 5.54 Å². The van der Waals surface area contributed by atoms with E-state index in [1.54, 1.807) is 0 Å². The normalized spacial score (nSPS) is 28.9. The van der Waals surface area contributed by atoms with Crippen molar-refractivity contribution in [1.82, 2.24) is 4.90 Å². The summed E-state index contributed by atoms with van der Waals surface area (Å²) in [5, 5.41) is 0. The maximum Gasteiger partial charge on any atom is 0.150 e. The zero-order valence-corrected chi connectivity index (χ0v) is 10.8. The zero-order chi connectivity index (χ0) is 11.8. The first-order chi connectivity index (χ1) is 7.49. The van der Waals surface area contributed by atoms with Gasteiger partial charge in [0.05, 0.1) is 11.5 Å². The fourth-order valence-corrected chi connectivity index (χ4v) is 4.37. The first kappa shape index (κ1) is 12.3. The summed E-state index contributed by atoms with van der Waals surface area (Å²) in [5.74, 6) is 0.614. The predicted octanol–water partition coefficient (Wildman–Crippen LogP) is 0.377. The van der Waals surface area contributed by atoms with E-state index in [1.807, 2.05) is 0 Å². The average Bonchev–Trinajstić information content (AvgIpc) is 2.16. The molecule has 1 saturated carbocycles. The van der Waals surface area contributed by atoms with Crippen LogP contribution in [0.5, 0.6) is 0 Å². The number of hydrogen-bond donors (Lipinski definition) is 1. The molecule has 0 bridgehead atoms. The van der Waals surface area contributed by atoms with Crippen LogP contribution in [-0.4, -0.2) is 50.0 Å². The van der Waals surface area contributed by atoms with Gasteiger partial charge in [-0.15, -0.1) is 0 Å². The summed E-state index contributed by atoms with van der Waals surface area (Å²) in [6, 6.07) is 0.629. The molecular weight excluding hydrogens is 224 g/mol. The first-order valence-electron chi connectivity index (χ1n) is 6.13. The molecule has 0 radical (unpaired) electrons. The van der Waals surface area contributed by atoms with Gasteiger partial charge in [-0.1, -0.05) is 6.42 Å². The van der Waals surface area contributed by atoms with Crippen LogP contribution in [0.1, 0.15) is 32.1 Å². The summed E-state index contributed by atoms with van der Waals surface area (Å²) in [4.78, 5) is 2.37. The van der Waals surface area contributed by atoms with Gasteiger partial charge < -0.3 is 5.73 Å². The number of nitrogens with zero attached hydrogens (tertiary/aromatic N) is 1. The molecule has 2 aliphatic rings. The van der Waals surface area contributed by atoms with E-state index in [2.05, 4.69) is 11.9 Å². The van der Waals surface area contributed by atoms with E-state index in [9.17, 15) is 8.42 Å². The van der Waals surface area contributed by atoms with Crippen molar-refractivity contribution < 1.29 is 8.42 Å². The summed E-state index contributed by atoms with van der Waals surface area (Å²) >= 11 is 0. The Labute approximate surface area is 98.1 Å². The minimum absolute atomic E-state index is 0.0591. The Morgan fingerprint density at radius 3 is 2.25 bits per heavy atom. The molecule has 0 atom stereocenters. The third kappa shape index (κ3) is 2.13. The van der Waals surface area contributed by atoms with Gasteiger partial charge in [0.1, 0.15) is 9.84 Å². The molecule has 0 aromatic rings. The molecule has 1 aliphatic carbocycles. The molecule has 0 unspecified atom stereocenters. The molecule has 16 heavy (non-hydrogen) atoms. The lowest BCUT2D eigenvalue weighted by Crippen LogP contribution is -2.60. The van der Waals surface area contributed by atoms with E-state index in [0.717, 1.165) is 0 Å². The second-order valence-corrected chi connectivity index (χ2v) is 7.58. The number of likely N-dealkylation sites (N-methyl/N-ethyl adjacent to an activating group) is 1. The summed E-state index contributed by atoms with van der Waals surface area (Å²) in [6.45, 7) is 0.579. The molecule has 94 valence electrons. The van der Waals surface area contributed by atoms with Crippen LogP contribution < -0.4 is 5.73 Å². The second kappa shape index (κ2) is 4.27. The van der Waals surface area contributed by atoms with E-state index in [1.165, 1.54) is 19.3 Å². The minimum Gasteiger partial charge on any atom is -0.329 e. The van der Waals surface area contributed by atoms with Gasteiger partial charge >= 0.3 is 0 Å². The molecule has 1 heterocycles. The van der Waals surface area contributed by atoms with Gasteiger partial charge in [-0.25, -0.2) is 8.42 Å². The van der Waals surface area contributed by atoms with Gasteiger partial charge in [-0.05, 0) is 32.7 Å². The Morgan fingerprint density at radius 1 is 1.31 bits per heavy atom. The van der Waals surface area contributed by atoms with Crippen LogP contribution in [0.2, 0.25) is 0 Å². The predicted molar refractivity (Wildman–Crippen MR) is 65.1 cm³/mol. The van der Waals surface area contributed by atoms with E-state index < -0.39 is 9.84 Å². The molecular formula is C11H22N2O2S. The van der Waals surface area contributed by atoms with Crippen molar-refractivity contribution in [1.29, 1.82) is 0 Å². The summed E-state index contributed by atoms with van der Waals surface area (Å²) in [6.07, 6.45) is 5.20. The summed E-state index contributed by atoms with van der Waals surface area (Å²) in [5.41, 5.74) is 5.85. The summed E-state index contributed by atoms with van der Waals surface area (Å²) in [7, 11) is -0.674. The third-order valence-electron chi connectivity index (χ3n) is 4.51. The summed E-state index contributed by atoms with van der Waals surface area (Å²) < 4.78 is 22.9. The van der Waals surface area contributed by atoms with Crippen molar-refractivity contribution in [2.75, 3.05) is 25.1 Å². The van der Waals surface area contributed by atoms with Crippen molar-refractivity contribution in [2.24, 2.45) is 5.73 Å². The van der Waals surface area contributed by atoms with Crippen LogP contribution in [-0.2, 0) is 9.84 Å². The SMILES string of the molecule is CN(C1CCC1)C1(CN)CCS(=O)(=O)CC1. The smallest absolute Gasteiger partial charge is 0.150 e. The van der Waals surface area contributed by atoms with Crippen LogP contribution in [0, 0.1) is 0 Å². The number of sulfone groups is 1. The molecule has 5 heteroatoms. The molecule has 2 N–H and O–H groups in total. The number of nitrogens with two attached hydrogens (primary N) is 1. The van der Waals surface area contributed by atoms with E-state index in [0.29, 0.717) is 36.9 Å². The van der Waals surface area contributed by atoms with Crippen molar-refractivity contribution in [2.45, 2.75) is 43.7 Å². The maximum atomic E-state index is 11.5. The van der Waals surface area contributed by atoms with Crippen molar-refractivity contribution >= 4 is 9.84 Å². The Balaban J connectivity index is 2.08. The molecule has 4 nitrogen and oxygen atoms in total. The highest BCUT2D eigenvalue weighted by atomic mass is 32.2. The van der Waals surface area contributed by atoms with Crippen LogP contribution in [0.15, 0.2) is 0 Å². The van der Waals surface area contributed by atoms with Gasteiger partial charge in [0.2, 0.25) is 0 Å². The van der Waals surface area contributed by atoms with E-state index >= 15 is 0 Å². The van der Waals surface area contributed by atoms with Crippen molar-refractivity contribution in [3.05, 3.63) is 0 Å². The topological polar surface area (TPSA) is 63.4 Å². The van der Waals surface area contributed by atoms with Crippen molar-refractivity contribution in [3.8, 4) is 0 Å². The fraction of sp³-hybridized carbons (Fsp3) is 1.00. The van der Waals surface area contributed by atoms with Gasteiger partial charge in [-0.2, -0.15) is 0 Å². The highest BCUT2D eigenvalue weighted by Gasteiger charge is 2.42. The molecule has 2 rings (SSSR count). The standard InChI is InChI=1S/C11H22N2O2S/c1-13(10-3-2-4-10)11(9-12)5-7-16(14,15)8-6-11/h10H,2-9,12H2,1H3. The lowest BCUT2D eigenvalue weighted by molar-refractivity contribution is 0.0308. The van der Waals surface area contributed by atoms with Crippen molar-refractivity contribution in [3.63, 3.8) is 0 Å². The Kier molecular flexibility index (Phi) is 3.29.